The third-order valence-corrected chi connectivity index (χ3v) is 6.69. The number of nitriles is 1. The molecule has 0 fully saturated rings. The Morgan fingerprint density at radius 1 is 1.31 bits per heavy atom. The third kappa shape index (κ3) is 5.79. The van der Waals surface area contributed by atoms with Gasteiger partial charge in [-0.05, 0) is 36.1 Å². The van der Waals surface area contributed by atoms with E-state index in [1.54, 1.807) is 31.2 Å². The average molecular weight is 520 g/mol. The van der Waals surface area contributed by atoms with Gasteiger partial charge < -0.3 is 19.5 Å². The zero-order valence-electron chi connectivity index (χ0n) is 19.6. The Kier molecular flexibility index (Phi) is 9.27. The van der Waals surface area contributed by atoms with Crippen molar-refractivity contribution in [3.8, 4) is 6.07 Å². The molecule has 0 N–H and O–H groups in total. The van der Waals surface area contributed by atoms with Crippen molar-refractivity contribution in [1.29, 1.82) is 5.26 Å². The van der Waals surface area contributed by atoms with Crippen LogP contribution in [0.15, 0.2) is 60.5 Å². The number of aliphatic carboxylic acids is 1. The fourth-order valence-electron chi connectivity index (χ4n) is 4.12. The SMILES string of the molecule is C[C@H](N1CSC=C1c1ccc(C#N)cc1)[C@@](Cn1cncn1)(OCC(=O)[O-])c1ccc(F)cc1F.[Na+]. The van der Waals surface area contributed by atoms with Crippen LogP contribution in [-0.4, -0.2) is 44.2 Å². The van der Waals surface area contributed by atoms with Gasteiger partial charge in [-0.1, -0.05) is 18.2 Å². The maximum absolute atomic E-state index is 15.3. The van der Waals surface area contributed by atoms with Crippen molar-refractivity contribution in [2.45, 2.75) is 25.1 Å². The molecule has 4 rings (SSSR count). The summed E-state index contributed by atoms with van der Waals surface area (Å²) >= 11 is 1.50. The van der Waals surface area contributed by atoms with Crippen LogP contribution in [-0.2, 0) is 21.7 Å². The summed E-state index contributed by atoms with van der Waals surface area (Å²) < 4.78 is 36.4. The second-order valence-corrected chi connectivity index (χ2v) is 8.73. The molecule has 1 aliphatic heterocycles. The van der Waals surface area contributed by atoms with Gasteiger partial charge in [0.15, 0.2) is 0 Å². The molecule has 0 spiro atoms. The fraction of sp³-hybridized carbons (Fsp3) is 0.250. The van der Waals surface area contributed by atoms with Crippen LogP contribution in [0.4, 0.5) is 8.78 Å². The second-order valence-electron chi connectivity index (χ2n) is 7.90. The Labute approximate surface area is 232 Å². The minimum absolute atomic E-state index is 0. The molecule has 3 aromatic rings. The summed E-state index contributed by atoms with van der Waals surface area (Å²) in [6, 6.07) is 11.5. The molecule has 0 radical (unpaired) electrons. The molecule has 1 aliphatic rings. The number of ether oxygens (including phenoxy) is 1. The topological polar surface area (TPSA) is 107 Å². The van der Waals surface area contributed by atoms with Crippen molar-refractivity contribution in [1.82, 2.24) is 19.7 Å². The number of carbonyl (C=O) groups excluding carboxylic acids is 1. The van der Waals surface area contributed by atoms with Crippen LogP contribution < -0.4 is 34.7 Å². The van der Waals surface area contributed by atoms with E-state index in [0.717, 1.165) is 23.4 Å². The molecule has 0 bridgehead atoms. The number of aromatic nitrogens is 3. The number of carboxylic acid groups (broad SMARTS) is 1. The van der Waals surface area contributed by atoms with Gasteiger partial charge in [0.25, 0.3) is 0 Å². The molecule has 180 valence electrons. The minimum atomic E-state index is -1.62. The van der Waals surface area contributed by atoms with E-state index in [0.29, 0.717) is 11.4 Å². The number of thioether (sulfide) groups is 1. The van der Waals surface area contributed by atoms with E-state index < -0.39 is 35.9 Å². The van der Waals surface area contributed by atoms with Crippen LogP contribution in [0, 0.1) is 23.0 Å². The number of benzene rings is 2. The van der Waals surface area contributed by atoms with Gasteiger partial charge in [0, 0.05) is 11.6 Å². The van der Waals surface area contributed by atoms with Crippen molar-refractivity contribution in [3.63, 3.8) is 0 Å². The van der Waals surface area contributed by atoms with E-state index in [9.17, 15) is 14.3 Å². The summed E-state index contributed by atoms with van der Waals surface area (Å²) in [6.45, 7) is 0.844. The molecular formula is C24H20F2N5NaO3S. The fourth-order valence-corrected chi connectivity index (χ4v) is 5.14. The van der Waals surface area contributed by atoms with E-state index in [2.05, 4.69) is 16.2 Å². The van der Waals surface area contributed by atoms with Crippen molar-refractivity contribution in [3.05, 3.63) is 88.9 Å². The molecule has 0 unspecified atom stereocenters. The number of carboxylic acids is 1. The molecule has 2 heterocycles. The summed E-state index contributed by atoms with van der Waals surface area (Å²) in [7, 11) is 0. The number of carbonyl (C=O) groups is 1. The van der Waals surface area contributed by atoms with Gasteiger partial charge in [0.2, 0.25) is 0 Å². The Morgan fingerprint density at radius 3 is 2.67 bits per heavy atom. The molecule has 0 saturated carbocycles. The molecule has 12 heteroatoms. The summed E-state index contributed by atoms with van der Waals surface area (Å²) in [5, 5.41) is 26.6. The Balaban J connectivity index is 0.00000361. The zero-order chi connectivity index (χ0) is 25.0. The maximum atomic E-state index is 15.3. The van der Waals surface area contributed by atoms with Crippen LogP contribution in [0.5, 0.6) is 0 Å². The van der Waals surface area contributed by atoms with Gasteiger partial charge in [-0.25, -0.2) is 18.4 Å². The van der Waals surface area contributed by atoms with Gasteiger partial charge >= 0.3 is 29.6 Å². The molecule has 2 aromatic carbocycles. The first-order chi connectivity index (χ1) is 16.8. The van der Waals surface area contributed by atoms with Gasteiger partial charge in [0.1, 0.15) is 29.9 Å². The summed E-state index contributed by atoms with van der Waals surface area (Å²) in [5.41, 5.74) is 0.455. The Bertz CT molecular complexity index is 1280. The largest absolute Gasteiger partial charge is 1.00 e. The number of nitrogens with zero attached hydrogens (tertiary/aromatic N) is 5. The average Bonchev–Trinajstić information content (AvgIpc) is 3.54. The molecular weight excluding hydrogens is 499 g/mol. The van der Waals surface area contributed by atoms with Crippen LogP contribution in [0.3, 0.4) is 0 Å². The zero-order valence-corrected chi connectivity index (χ0v) is 22.4. The third-order valence-electron chi connectivity index (χ3n) is 5.87. The van der Waals surface area contributed by atoms with Crippen molar-refractivity contribution < 1.29 is 53.0 Å². The van der Waals surface area contributed by atoms with Crippen LogP contribution in [0.1, 0.15) is 23.6 Å². The van der Waals surface area contributed by atoms with Crippen molar-refractivity contribution in [2.75, 3.05) is 12.5 Å². The summed E-state index contributed by atoms with van der Waals surface area (Å²) in [6.07, 6.45) is 2.70. The molecule has 0 saturated heterocycles. The van der Waals surface area contributed by atoms with Gasteiger partial charge in [-0.2, -0.15) is 10.4 Å². The van der Waals surface area contributed by atoms with E-state index >= 15 is 4.39 Å². The molecule has 0 aliphatic carbocycles. The van der Waals surface area contributed by atoms with Crippen molar-refractivity contribution in [2.24, 2.45) is 0 Å². The Morgan fingerprint density at radius 2 is 2.06 bits per heavy atom. The number of rotatable bonds is 9. The monoisotopic (exact) mass is 519 g/mol. The Hall–Kier alpha value is -2.75. The van der Waals surface area contributed by atoms with Crippen LogP contribution in [0.2, 0.25) is 0 Å². The van der Waals surface area contributed by atoms with E-state index in [1.165, 1.54) is 35.2 Å². The molecule has 8 nitrogen and oxygen atoms in total. The number of halogens is 2. The summed E-state index contributed by atoms with van der Waals surface area (Å²) in [4.78, 5) is 17.3. The number of hydrogen-bond donors (Lipinski definition) is 0. The summed E-state index contributed by atoms with van der Waals surface area (Å²) in [5.74, 6) is -2.68. The van der Waals surface area contributed by atoms with Crippen molar-refractivity contribution >= 4 is 23.4 Å². The molecule has 2 atom stereocenters. The standard InChI is InChI=1S/C24H21F2N5O3S.Na/c1-16(31-15-35-11-22(31)18-4-2-17(9-27)3-5-18)24(34-10-23(32)33,12-30-14-28-13-29-30)20-7-6-19(25)8-21(20)26;/h2-8,11,13-14,16H,10,12,15H2,1H3,(H,32,33);/q;+1/p-1/t16-,24+;/m0./s1. The molecule has 0 amide bonds. The van der Waals surface area contributed by atoms with Gasteiger partial charge in [-0.15, -0.1) is 11.8 Å². The number of hydrogen-bond acceptors (Lipinski definition) is 8. The first-order valence-electron chi connectivity index (χ1n) is 10.5. The predicted octanol–water partition coefficient (Wildman–Crippen LogP) is -0.513. The van der Waals surface area contributed by atoms with Crippen LogP contribution >= 0.6 is 11.8 Å². The quantitative estimate of drug-likeness (QED) is 0.348. The minimum Gasteiger partial charge on any atom is -0.548 e. The van der Waals surface area contributed by atoms with Gasteiger partial charge in [-0.3, -0.25) is 0 Å². The first-order valence-corrected chi connectivity index (χ1v) is 11.6. The second kappa shape index (κ2) is 12.0. The van der Waals surface area contributed by atoms with E-state index in [-0.39, 0.29) is 41.7 Å². The molecule has 1 aromatic heterocycles. The smallest absolute Gasteiger partial charge is 0.548 e. The van der Waals surface area contributed by atoms with Crippen LogP contribution in [0.25, 0.3) is 5.70 Å². The van der Waals surface area contributed by atoms with Gasteiger partial charge in [0.05, 0.1) is 48.4 Å². The molecule has 36 heavy (non-hydrogen) atoms. The predicted molar refractivity (Wildman–Crippen MR) is 122 cm³/mol. The normalized spacial score (nSPS) is 15.4. The first kappa shape index (κ1) is 27.8. The van der Waals surface area contributed by atoms with E-state index in [4.69, 9.17) is 10.00 Å². The maximum Gasteiger partial charge on any atom is 1.00 e. The van der Waals surface area contributed by atoms with E-state index in [1.807, 2.05) is 10.3 Å².